The summed E-state index contributed by atoms with van der Waals surface area (Å²) in [5, 5.41) is 0. The molecule has 3 heterocycles. The van der Waals surface area contributed by atoms with Crippen molar-refractivity contribution in [1.29, 1.82) is 0 Å². The van der Waals surface area contributed by atoms with Crippen molar-refractivity contribution in [2.75, 3.05) is 0 Å². The Kier molecular flexibility index (Phi) is 3.39. The highest BCUT2D eigenvalue weighted by Crippen LogP contribution is 2.28. The van der Waals surface area contributed by atoms with Gasteiger partial charge < -0.3 is 5.73 Å². The number of nitrogens with zero attached hydrogens (tertiary/aromatic N) is 3. The Morgan fingerprint density at radius 1 is 0.905 bits per heavy atom. The van der Waals surface area contributed by atoms with Crippen LogP contribution >= 0.6 is 0 Å². The summed E-state index contributed by atoms with van der Waals surface area (Å²) in [4.78, 5) is 24.0. The maximum atomic E-state index is 11.3. The van der Waals surface area contributed by atoms with E-state index in [1.807, 2.05) is 36.4 Å². The van der Waals surface area contributed by atoms with Gasteiger partial charge in [-0.1, -0.05) is 12.1 Å². The second-order valence-electron chi connectivity index (χ2n) is 4.41. The Morgan fingerprint density at radius 3 is 2.52 bits per heavy atom. The summed E-state index contributed by atoms with van der Waals surface area (Å²) in [5.41, 5.74) is 8.73. The predicted molar refractivity (Wildman–Crippen MR) is 79.2 cm³/mol. The molecule has 0 saturated carbocycles. The van der Waals surface area contributed by atoms with E-state index < -0.39 is 5.91 Å². The number of nitrogens with two attached hydrogens (primary N) is 1. The number of carbonyl (C=O) groups is 1. The zero-order valence-electron chi connectivity index (χ0n) is 11.1. The van der Waals surface area contributed by atoms with Crippen LogP contribution in [0.4, 0.5) is 0 Å². The van der Waals surface area contributed by atoms with Crippen molar-refractivity contribution in [2.45, 2.75) is 0 Å². The molecule has 0 radical (unpaired) electrons. The van der Waals surface area contributed by atoms with Crippen molar-refractivity contribution >= 4 is 5.91 Å². The molecule has 0 aliphatic carbocycles. The van der Waals surface area contributed by atoms with Crippen LogP contribution in [0, 0.1) is 0 Å². The van der Waals surface area contributed by atoms with Crippen molar-refractivity contribution in [1.82, 2.24) is 15.0 Å². The van der Waals surface area contributed by atoms with E-state index in [0.717, 1.165) is 22.5 Å². The molecule has 3 aromatic rings. The van der Waals surface area contributed by atoms with Crippen LogP contribution in [0.3, 0.4) is 0 Å². The molecule has 3 rings (SSSR count). The molecule has 1 amide bonds. The number of rotatable bonds is 3. The van der Waals surface area contributed by atoms with Crippen LogP contribution in [0.25, 0.3) is 22.5 Å². The van der Waals surface area contributed by atoms with Gasteiger partial charge in [0.25, 0.3) is 5.91 Å². The first kappa shape index (κ1) is 12.9. The average molecular weight is 276 g/mol. The van der Waals surface area contributed by atoms with Gasteiger partial charge in [-0.05, 0) is 35.9 Å². The van der Waals surface area contributed by atoms with E-state index in [-0.39, 0.29) is 5.69 Å². The minimum Gasteiger partial charge on any atom is -0.364 e. The average Bonchev–Trinajstić information content (AvgIpc) is 2.56. The first-order valence-corrected chi connectivity index (χ1v) is 6.38. The maximum absolute atomic E-state index is 11.3. The SMILES string of the molecule is NC(=O)c1cc(-c2cccnc2-c2ccccn2)ccn1. The van der Waals surface area contributed by atoms with Gasteiger partial charge in [0, 0.05) is 24.2 Å². The Morgan fingerprint density at radius 2 is 1.76 bits per heavy atom. The first-order valence-electron chi connectivity index (χ1n) is 6.38. The molecule has 3 aromatic heterocycles. The summed E-state index contributed by atoms with van der Waals surface area (Å²) in [7, 11) is 0. The second-order valence-corrected chi connectivity index (χ2v) is 4.41. The number of amides is 1. The Labute approximate surface area is 121 Å². The fourth-order valence-electron chi connectivity index (χ4n) is 2.08. The molecule has 0 saturated heterocycles. The van der Waals surface area contributed by atoms with Crippen LogP contribution in [-0.4, -0.2) is 20.9 Å². The number of aromatic nitrogens is 3. The van der Waals surface area contributed by atoms with Gasteiger partial charge >= 0.3 is 0 Å². The highest BCUT2D eigenvalue weighted by atomic mass is 16.1. The summed E-state index contributed by atoms with van der Waals surface area (Å²) >= 11 is 0. The van der Waals surface area contributed by atoms with Crippen LogP contribution in [0.1, 0.15) is 10.5 Å². The molecule has 0 spiro atoms. The van der Waals surface area contributed by atoms with Gasteiger partial charge in [-0.25, -0.2) is 0 Å². The molecule has 2 N–H and O–H groups in total. The molecule has 102 valence electrons. The summed E-state index contributed by atoms with van der Waals surface area (Å²) in [5.74, 6) is -0.555. The summed E-state index contributed by atoms with van der Waals surface area (Å²) in [6, 6.07) is 12.9. The molecule has 0 atom stereocenters. The lowest BCUT2D eigenvalue weighted by molar-refractivity contribution is 0.0995. The normalized spacial score (nSPS) is 10.3. The van der Waals surface area contributed by atoms with Crippen LogP contribution < -0.4 is 5.73 Å². The van der Waals surface area contributed by atoms with E-state index in [1.165, 1.54) is 0 Å². The molecule has 0 unspecified atom stereocenters. The summed E-state index contributed by atoms with van der Waals surface area (Å²) < 4.78 is 0. The summed E-state index contributed by atoms with van der Waals surface area (Å²) in [6.07, 6.45) is 4.99. The van der Waals surface area contributed by atoms with Gasteiger partial charge in [-0.3, -0.25) is 19.7 Å². The van der Waals surface area contributed by atoms with Crippen LogP contribution in [-0.2, 0) is 0 Å². The van der Waals surface area contributed by atoms with Crippen molar-refractivity contribution < 1.29 is 4.79 Å². The first-order chi connectivity index (χ1) is 10.3. The highest BCUT2D eigenvalue weighted by Gasteiger charge is 2.11. The quantitative estimate of drug-likeness (QED) is 0.795. The zero-order valence-corrected chi connectivity index (χ0v) is 11.1. The van der Waals surface area contributed by atoms with Crippen LogP contribution in [0.15, 0.2) is 61.1 Å². The topological polar surface area (TPSA) is 81.8 Å². The highest BCUT2D eigenvalue weighted by molar-refractivity contribution is 5.92. The van der Waals surface area contributed by atoms with E-state index in [2.05, 4.69) is 15.0 Å². The zero-order chi connectivity index (χ0) is 14.7. The monoisotopic (exact) mass is 276 g/mol. The van der Waals surface area contributed by atoms with E-state index in [9.17, 15) is 4.79 Å². The minimum atomic E-state index is -0.555. The molecule has 0 aliphatic heterocycles. The lowest BCUT2D eigenvalue weighted by atomic mass is 10.0. The lowest BCUT2D eigenvalue weighted by Crippen LogP contribution is -2.12. The molecule has 5 nitrogen and oxygen atoms in total. The summed E-state index contributed by atoms with van der Waals surface area (Å²) in [6.45, 7) is 0. The van der Waals surface area contributed by atoms with Gasteiger partial charge in [0.15, 0.2) is 0 Å². The van der Waals surface area contributed by atoms with Crippen LogP contribution in [0.5, 0.6) is 0 Å². The lowest BCUT2D eigenvalue weighted by Gasteiger charge is -2.08. The van der Waals surface area contributed by atoms with Crippen molar-refractivity contribution in [3.05, 3.63) is 66.7 Å². The van der Waals surface area contributed by atoms with E-state index in [0.29, 0.717) is 0 Å². The van der Waals surface area contributed by atoms with Gasteiger partial charge in [-0.2, -0.15) is 0 Å². The Balaban J connectivity index is 2.16. The molecule has 0 aliphatic rings. The predicted octanol–water partition coefficient (Wildman–Crippen LogP) is 2.30. The number of primary amides is 1. The van der Waals surface area contributed by atoms with Crippen molar-refractivity contribution in [3.63, 3.8) is 0 Å². The van der Waals surface area contributed by atoms with Gasteiger partial charge in [0.1, 0.15) is 5.69 Å². The molecule has 21 heavy (non-hydrogen) atoms. The third-order valence-electron chi connectivity index (χ3n) is 3.04. The van der Waals surface area contributed by atoms with Gasteiger partial charge in [-0.15, -0.1) is 0 Å². The van der Waals surface area contributed by atoms with Gasteiger partial charge in [0.05, 0.1) is 11.4 Å². The fourth-order valence-corrected chi connectivity index (χ4v) is 2.08. The molecular formula is C16H12N4O. The Hall–Kier alpha value is -3.08. The Bertz CT molecular complexity index is 787. The largest absolute Gasteiger partial charge is 0.364 e. The van der Waals surface area contributed by atoms with Crippen molar-refractivity contribution in [3.8, 4) is 22.5 Å². The second kappa shape index (κ2) is 5.50. The fraction of sp³-hybridized carbons (Fsp3) is 0. The van der Waals surface area contributed by atoms with Crippen molar-refractivity contribution in [2.24, 2.45) is 5.73 Å². The maximum Gasteiger partial charge on any atom is 0.267 e. The number of hydrogen-bond donors (Lipinski definition) is 1. The van der Waals surface area contributed by atoms with E-state index >= 15 is 0 Å². The third-order valence-corrected chi connectivity index (χ3v) is 3.04. The van der Waals surface area contributed by atoms with E-state index in [4.69, 9.17) is 5.73 Å². The molecular weight excluding hydrogens is 264 g/mol. The van der Waals surface area contributed by atoms with E-state index in [1.54, 1.807) is 24.7 Å². The van der Waals surface area contributed by atoms with Gasteiger partial charge in [0.2, 0.25) is 0 Å². The number of pyridine rings is 3. The molecule has 0 fully saturated rings. The minimum absolute atomic E-state index is 0.225. The number of carbonyl (C=O) groups excluding carboxylic acids is 1. The molecule has 0 bridgehead atoms. The smallest absolute Gasteiger partial charge is 0.267 e. The third kappa shape index (κ3) is 2.62. The van der Waals surface area contributed by atoms with Crippen LogP contribution in [0.2, 0.25) is 0 Å². The molecule has 5 heteroatoms. The molecule has 0 aromatic carbocycles. The number of hydrogen-bond acceptors (Lipinski definition) is 4. The standard InChI is InChI=1S/C16H12N4O/c17-16(21)14-10-11(6-9-19-14)12-4-3-8-20-15(12)13-5-1-2-7-18-13/h1-10H,(H2,17,21).